The van der Waals surface area contributed by atoms with Crippen molar-refractivity contribution in [3.05, 3.63) is 57.9 Å². The van der Waals surface area contributed by atoms with Crippen molar-refractivity contribution in [2.75, 3.05) is 14.2 Å². The van der Waals surface area contributed by atoms with Gasteiger partial charge in [0, 0.05) is 17.2 Å². The van der Waals surface area contributed by atoms with Gasteiger partial charge < -0.3 is 14.6 Å². The van der Waals surface area contributed by atoms with Crippen LogP contribution in [-0.2, 0) is 0 Å². The molecule has 3 N–H and O–H groups in total. The van der Waals surface area contributed by atoms with Crippen LogP contribution in [0.3, 0.4) is 0 Å². The maximum Gasteiger partial charge on any atom is 0.273 e. The number of hydrogen-bond donors (Lipinski definition) is 3. The lowest BCUT2D eigenvalue weighted by molar-refractivity contribution is 0.400. The van der Waals surface area contributed by atoms with Crippen LogP contribution < -0.4 is 15.0 Å². The third-order valence-electron chi connectivity index (χ3n) is 5.93. The number of pyridine rings is 1. The van der Waals surface area contributed by atoms with Crippen LogP contribution in [0.25, 0.3) is 33.4 Å². The molecule has 0 spiro atoms. The number of aromatic amines is 2. The van der Waals surface area contributed by atoms with Gasteiger partial charge in [-0.05, 0) is 58.9 Å². The molecule has 0 unspecified atom stereocenters. The van der Waals surface area contributed by atoms with Crippen LogP contribution in [0.15, 0.2) is 41.2 Å². The monoisotopic (exact) mass is 447 g/mol. The zero-order chi connectivity index (χ0) is 23.9. The van der Waals surface area contributed by atoms with Crippen LogP contribution in [0.2, 0.25) is 0 Å². The molecule has 0 saturated carbocycles. The Morgan fingerprint density at radius 3 is 2.09 bits per heavy atom. The van der Waals surface area contributed by atoms with Gasteiger partial charge >= 0.3 is 0 Å². The van der Waals surface area contributed by atoms with Gasteiger partial charge in [0.2, 0.25) is 0 Å². The van der Waals surface area contributed by atoms with Crippen LogP contribution in [0.1, 0.15) is 50.7 Å². The van der Waals surface area contributed by atoms with E-state index in [1.807, 2.05) is 6.07 Å². The first kappa shape index (κ1) is 22.5. The normalized spacial score (nSPS) is 11.5. The average molecular weight is 448 g/mol. The highest BCUT2D eigenvalue weighted by Crippen LogP contribution is 2.43. The Morgan fingerprint density at radius 2 is 1.55 bits per heavy atom. The van der Waals surface area contributed by atoms with E-state index in [9.17, 15) is 9.90 Å². The predicted octanol–water partition coefficient (Wildman–Crippen LogP) is 5.55. The number of methoxy groups -OCH3 is 2. The Bertz CT molecular complexity index is 1350. The summed E-state index contributed by atoms with van der Waals surface area (Å²) < 4.78 is 11.0. The summed E-state index contributed by atoms with van der Waals surface area (Å²) in [4.78, 5) is 17.1. The molecular weight excluding hydrogens is 418 g/mol. The fourth-order valence-corrected chi connectivity index (χ4v) is 4.15. The second-order valence-electron chi connectivity index (χ2n) is 8.74. The van der Waals surface area contributed by atoms with E-state index < -0.39 is 0 Å². The first-order valence-electron chi connectivity index (χ1n) is 11.0. The summed E-state index contributed by atoms with van der Waals surface area (Å²) in [6.07, 6.45) is 0. The van der Waals surface area contributed by atoms with E-state index in [1.54, 1.807) is 32.4 Å². The molecule has 2 heterocycles. The molecule has 33 heavy (non-hydrogen) atoms. The van der Waals surface area contributed by atoms with Gasteiger partial charge in [0.1, 0.15) is 17.2 Å². The Labute approximate surface area is 192 Å². The molecule has 0 radical (unpaired) electrons. The van der Waals surface area contributed by atoms with Crippen molar-refractivity contribution in [1.29, 1.82) is 0 Å². The lowest BCUT2D eigenvalue weighted by Crippen LogP contribution is -2.03. The number of nitrogens with one attached hydrogen (secondary N) is 2. The highest BCUT2D eigenvalue weighted by Gasteiger charge is 2.22. The number of aromatic hydroxyl groups is 1. The third kappa shape index (κ3) is 3.95. The molecule has 2 aromatic heterocycles. The molecule has 0 bridgehead atoms. The fraction of sp³-hybridized carbons (Fsp3) is 0.308. The van der Waals surface area contributed by atoms with Crippen LogP contribution in [0.5, 0.6) is 17.2 Å². The van der Waals surface area contributed by atoms with Gasteiger partial charge in [-0.2, -0.15) is 0 Å². The summed E-state index contributed by atoms with van der Waals surface area (Å²) in [5.41, 5.74) is 5.10. The number of ether oxygens (including phenoxy) is 2. The Morgan fingerprint density at radius 1 is 0.879 bits per heavy atom. The van der Waals surface area contributed by atoms with Crippen molar-refractivity contribution in [2.45, 2.75) is 39.5 Å². The van der Waals surface area contributed by atoms with Gasteiger partial charge in [0.15, 0.2) is 5.65 Å². The lowest BCUT2D eigenvalue weighted by Gasteiger charge is -2.21. The molecule has 0 fully saturated rings. The largest absolute Gasteiger partial charge is 0.507 e. The number of H-pyrrole nitrogens is 2. The van der Waals surface area contributed by atoms with Gasteiger partial charge in [-0.25, -0.2) is 4.98 Å². The van der Waals surface area contributed by atoms with E-state index >= 15 is 0 Å². The number of phenols is 1. The molecule has 2 aromatic carbocycles. The Hall–Kier alpha value is -3.74. The third-order valence-corrected chi connectivity index (χ3v) is 5.93. The SMILES string of the molecule is COc1ccc(-c2nc3[nH][nH]c(=O)c3cc2-c2cc(C(C)C)c(OC)c(C(C)C)c2)c(O)c1. The fourth-order valence-electron chi connectivity index (χ4n) is 4.15. The minimum atomic E-state index is -0.245. The summed E-state index contributed by atoms with van der Waals surface area (Å²) in [6.45, 7) is 8.50. The number of fused-ring (bicyclic) bond motifs is 1. The van der Waals surface area contributed by atoms with Gasteiger partial charge in [0.25, 0.3) is 5.56 Å². The van der Waals surface area contributed by atoms with Gasteiger partial charge in [-0.15, -0.1) is 0 Å². The van der Waals surface area contributed by atoms with Crippen molar-refractivity contribution in [3.63, 3.8) is 0 Å². The van der Waals surface area contributed by atoms with Crippen molar-refractivity contribution in [3.8, 4) is 39.6 Å². The zero-order valence-electron chi connectivity index (χ0n) is 19.7. The standard InChI is InChI=1S/C26H29N3O4/c1-13(2)18-9-15(10-19(14(3)4)24(18)33-6)20-12-21-25(28-29-26(21)31)27-23(20)17-8-7-16(32-5)11-22(17)30/h7-14,30H,1-6H3,(H2,27,28,29,31). The van der Waals surface area contributed by atoms with Gasteiger partial charge in [0.05, 0.1) is 25.3 Å². The zero-order valence-corrected chi connectivity index (χ0v) is 19.7. The molecule has 0 atom stereocenters. The van der Waals surface area contributed by atoms with Gasteiger partial charge in [-0.1, -0.05) is 27.7 Å². The molecule has 0 amide bonds. The smallest absolute Gasteiger partial charge is 0.273 e. The number of phenolic OH excluding ortho intramolecular Hbond substituents is 1. The summed E-state index contributed by atoms with van der Waals surface area (Å²) in [5.74, 6) is 1.92. The number of hydrogen-bond acceptors (Lipinski definition) is 5. The minimum Gasteiger partial charge on any atom is -0.507 e. The molecule has 0 saturated heterocycles. The number of benzene rings is 2. The molecule has 0 aliphatic rings. The average Bonchev–Trinajstić information content (AvgIpc) is 3.16. The number of aromatic nitrogens is 3. The van der Waals surface area contributed by atoms with E-state index in [0.29, 0.717) is 28.0 Å². The van der Waals surface area contributed by atoms with Crippen LogP contribution in [0.4, 0.5) is 0 Å². The van der Waals surface area contributed by atoms with Crippen molar-refractivity contribution < 1.29 is 14.6 Å². The van der Waals surface area contributed by atoms with E-state index in [2.05, 4.69) is 50.0 Å². The molecule has 4 rings (SSSR count). The summed E-state index contributed by atoms with van der Waals surface area (Å²) in [5, 5.41) is 16.6. The van der Waals surface area contributed by atoms with E-state index in [-0.39, 0.29) is 23.1 Å². The highest BCUT2D eigenvalue weighted by molar-refractivity contribution is 5.92. The lowest BCUT2D eigenvalue weighted by atomic mass is 9.88. The van der Waals surface area contributed by atoms with Crippen molar-refractivity contribution >= 4 is 11.0 Å². The number of nitrogens with zero attached hydrogens (tertiary/aromatic N) is 1. The maximum atomic E-state index is 12.4. The van der Waals surface area contributed by atoms with Crippen molar-refractivity contribution in [1.82, 2.24) is 15.2 Å². The quantitative estimate of drug-likeness (QED) is 0.360. The summed E-state index contributed by atoms with van der Waals surface area (Å²) in [6, 6.07) is 11.1. The van der Waals surface area contributed by atoms with E-state index in [0.717, 1.165) is 28.0 Å². The number of rotatable bonds is 6. The molecule has 0 aliphatic carbocycles. The molecular formula is C26H29N3O4. The van der Waals surface area contributed by atoms with Crippen LogP contribution in [0, 0.1) is 0 Å². The molecule has 4 aromatic rings. The topological polar surface area (TPSA) is 100 Å². The molecule has 172 valence electrons. The molecule has 0 aliphatic heterocycles. The molecule has 7 nitrogen and oxygen atoms in total. The van der Waals surface area contributed by atoms with Crippen LogP contribution in [-0.4, -0.2) is 34.5 Å². The maximum absolute atomic E-state index is 12.4. The second kappa shape index (κ2) is 8.65. The summed E-state index contributed by atoms with van der Waals surface area (Å²) >= 11 is 0. The Kier molecular flexibility index (Phi) is 5.89. The Balaban J connectivity index is 2.08. The summed E-state index contributed by atoms with van der Waals surface area (Å²) in [7, 11) is 3.24. The second-order valence-corrected chi connectivity index (χ2v) is 8.74. The first-order chi connectivity index (χ1) is 15.7. The minimum absolute atomic E-state index is 0.0435. The van der Waals surface area contributed by atoms with Gasteiger partial charge in [-0.3, -0.25) is 15.0 Å². The van der Waals surface area contributed by atoms with Crippen molar-refractivity contribution in [2.24, 2.45) is 0 Å². The first-order valence-corrected chi connectivity index (χ1v) is 11.0. The van der Waals surface area contributed by atoms with Crippen LogP contribution >= 0.6 is 0 Å². The predicted molar refractivity (Wildman–Crippen MR) is 131 cm³/mol. The van der Waals surface area contributed by atoms with E-state index in [4.69, 9.17) is 14.5 Å². The van der Waals surface area contributed by atoms with E-state index in [1.165, 1.54) is 0 Å². The molecule has 7 heteroatoms. The highest BCUT2D eigenvalue weighted by atomic mass is 16.5.